The first-order chi connectivity index (χ1) is 9.76. The second-order valence-electron chi connectivity index (χ2n) is 6.22. The number of alkyl halides is 2. The van der Waals surface area contributed by atoms with Crippen molar-refractivity contribution in [1.29, 1.82) is 0 Å². The molecule has 124 valence electrons. The Morgan fingerprint density at radius 2 is 2.00 bits per heavy atom. The number of benzene rings is 1. The predicted molar refractivity (Wildman–Crippen MR) is 94.1 cm³/mol. The van der Waals surface area contributed by atoms with Crippen LogP contribution in [0.4, 0.5) is 8.78 Å². The minimum absolute atomic E-state index is 0. The van der Waals surface area contributed by atoms with E-state index < -0.39 is 6.61 Å². The lowest BCUT2D eigenvalue weighted by Crippen LogP contribution is -2.45. The molecular formula is C15H22F2IN3O. The molecule has 1 fully saturated rings. The number of para-hydroxylation sites is 1. The summed E-state index contributed by atoms with van der Waals surface area (Å²) in [5.41, 5.74) is 6.45. The Labute approximate surface area is 146 Å². The number of rotatable bonds is 4. The van der Waals surface area contributed by atoms with Gasteiger partial charge in [-0.15, -0.1) is 24.0 Å². The fraction of sp³-hybridized carbons (Fsp3) is 0.533. The average molecular weight is 425 g/mol. The zero-order valence-electron chi connectivity index (χ0n) is 12.8. The first-order valence-electron chi connectivity index (χ1n) is 6.91. The second-order valence-corrected chi connectivity index (χ2v) is 6.22. The zero-order chi connectivity index (χ0) is 15.6. The molecule has 2 atom stereocenters. The van der Waals surface area contributed by atoms with Crippen molar-refractivity contribution in [2.45, 2.75) is 51.3 Å². The van der Waals surface area contributed by atoms with Gasteiger partial charge in [0.25, 0.3) is 0 Å². The van der Waals surface area contributed by atoms with Crippen LogP contribution in [-0.2, 0) is 0 Å². The van der Waals surface area contributed by atoms with Crippen LogP contribution >= 0.6 is 24.0 Å². The Morgan fingerprint density at radius 1 is 1.36 bits per heavy atom. The first kappa shape index (κ1) is 18.9. The number of hydrogen-bond donors (Lipinski definition) is 2. The van der Waals surface area contributed by atoms with Crippen LogP contribution < -0.4 is 15.8 Å². The van der Waals surface area contributed by atoms with Gasteiger partial charge in [0.2, 0.25) is 0 Å². The summed E-state index contributed by atoms with van der Waals surface area (Å²) < 4.78 is 29.3. The van der Waals surface area contributed by atoms with E-state index in [4.69, 9.17) is 5.73 Å². The van der Waals surface area contributed by atoms with Crippen molar-refractivity contribution in [2.75, 3.05) is 0 Å². The third kappa shape index (κ3) is 5.58. The van der Waals surface area contributed by atoms with E-state index in [0.717, 1.165) is 12.0 Å². The number of guanidine groups is 1. The van der Waals surface area contributed by atoms with Crippen LogP contribution in [-0.4, -0.2) is 24.2 Å². The molecule has 0 heterocycles. The highest BCUT2D eigenvalue weighted by molar-refractivity contribution is 14.0. The topological polar surface area (TPSA) is 59.6 Å². The van der Waals surface area contributed by atoms with Crippen molar-refractivity contribution in [3.05, 3.63) is 29.8 Å². The SMILES string of the molecule is CC(C)(C)NC(N)=N[C@H]1C[C@@H]1c1ccccc1OC(F)F.I. The van der Waals surface area contributed by atoms with Gasteiger partial charge < -0.3 is 15.8 Å². The fourth-order valence-electron chi connectivity index (χ4n) is 2.24. The molecule has 1 aliphatic rings. The van der Waals surface area contributed by atoms with Crippen molar-refractivity contribution in [1.82, 2.24) is 5.32 Å². The highest BCUT2D eigenvalue weighted by atomic mass is 127. The van der Waals surface area contributed by atoms with Gasteiger partial charge in [-0.05, 0) is 38.8 Å². The van der Waals surface area contributed by atoms with Crippen molar-refractivity contribution in [3.63, 3.8) is 0 Å². The Bertz CT molecular complexity index is 532. The second kappa shape index (κ2) is 7.43. The van der Waals surface area contributed by atoms with E-state index in [0.29, 0.717) is 5.96 Å². The molecule has 0 aromatic heterocycles. The van der Waals surface area contributed by atoms with Crippen LogP contribution in [0.25, 0.3) is 0 Å². The van der Waals surface area contributed by atoms with Crippen LogP contribution in [0, 0.1) is 0 Å². The lowest BCUT2D eigenvalue weighted by Gasteiger charge is -2.21. The van der Waals surface area contributed by atoms with Gasteiger partial charge in [0.15, 0.2) is 5.96 Å². The van der Waals surface area contributed by atoms with Crippen LogP contribution in [0.1, 0.15) is 38.7 Å². The smallest absolute Gasteiger partial charge is 0.387 e. The van der Waals surface area contributed by atoms with Crippen molar-refractivity contribution < 1.29 is 13.5 Å². The van der Waals surface area contributed by atoms with E-state index >= 15 is 0 Å². The maximum atomic E-state index is 12.4. The normalized spacial score (nSPS) is 21.3. The molecule has 0 aliphatic heterocycles. The molecule has 1 aromatic carbocycles. The minimum Gasteiger partial charge on any atom is -0.435 e. The van der Waals surface area contributed by atoms with E-state index in [1.165, 1.54) is 0 Å². The molecule has 3 N–H and O–H groups in total. The molecule has 7 heteroatoms. The van der Waals surface area contributed by atoms with E-state index in [2.05, 4.69) is 15.0 Å². The van der Waals surface area contributed by atoms with Crippen LogP contribution in [0.2, 0.25) is 0 Å². The molecule has 1 aromatic rings. The summed E-state index contributed by atoms with van der Waals surface area (Å²) in [4.78, 5) is 4.39. The molecule has 22 heavy (non-hydrogen) atoms. The lowest BCUT2D eigenvalue weighted by atomic mass is 10.1. The summed E-state index contributed by atoms with van der Waals surface area (Å²) in [6, 6.07) is 6.85. The Kier molecular flexibility index (Phi) is 6.39. The zero-order valence-corrected chi connectivity index (χ0v) is 15.2. The summed E-state index contributed by atoms with van der Waals surface area (Å²) >= 11 is 0. The molecule has 0 amide bonds. The quantitative estimate of drug-likeness (QED) is 0.442. The summed E-state index contributed by atoms with van der Waals surface area (Å²) in [7, 11) is 0. The standard InChI is InChI=1S/C15H21F2N3O.HI/c1-15(2,3)20-14(18)19-11-8-10(11)9-6-4-5-7-12(9)21-13(16)17;/h4-7,10-11,13H,8H2,1-3H3,(H3,18,19,20);1H/t10-,11+;/m1./s1. The summed E-state index contributed by atoms with van der Waals surface area (Å²) in [5.74, 6) is 0.681. The average Bonchev–Trinajstić information content (AvgIpc) is 3.05. The molecule has 0 radical (unpaired) electrons. The van der Waals surface area contributed by atoms with Gasteiger partial charge in [-0.1, -0.05) is 18.2 Å². The van der Waals surface area contributed by atoms with Crippen molar-refractivity contribution in [3.8, 4) is 5.75 Å². The highest BCUT2D eigenvalue weighted by Crippen LogP contribution is 2.47. The van der Waals surface area contributed by atoms with Crippen LogP contribution in [0.15, 0.2) is 29.3 Å². The maximum Gasteiger partial charge on any atom is 0.387 e. The number of halogens is 3. The van der Waals surface area contributed by atoms with Gasteiger partial charge in [-0.3, -0.25) is 0 Å². The third-order valence-electron chi connectivity index (χ3n) is 3.10. The molecule has 2 rings (SSSR count). The van der Waals surface area contributed by atoms with Gasteiger partial charge in [-0.2, -0.15) is 8.78 Å². The van der Waals surface area contributed by atoms with E-state index in [9.17, 15) is 8.78 Å². The Balaban J connectivity index is 0.00000242. The minimum atomic E-state index is -2.82. The summed E-state index contributed by atoms with van der Waals surface area (Å²) in [5, 5.41) is 3.09. The highest BCUT2D eigenvalue weighted by Gasteiger charge is 2.40. The summed E-state index contributed by atoms with van der Waals surface area (Å²) in [6.45, 7) is 3.15. The monoisotopic (exact) mass is 425 g/mol. The third-order valence-corrected chi connectivity index (χ3v) is 3.10. The Morgan fingerprint density at radius 3 is 2.59 bits per heavy atom. The number of aliphatic imine (C=N–C) groups is 1. The van der Waals surface area contributed by atoms with Gasteiger partial charge in [0, 0.05) is 11.5 Å². The van der Waals surface area contributed by atoms with Crippen LogP contribution in [0.5, 0.6) is 5.75 Å². The number of hydrogen-bond acceptors (Lipinski definition) is 2. The van der Waals surface area contributed by atoms with Crippen LogP contribution in [0.3, 0.4) is 0 Å². The molecule has 0 saturated heterocycles. The number of nitrogens with one attached hydrogen (secondary N) is 1. The first-order valence-corrected chi connectivity index (χ1v) is 6.91. The van der Waals surface area contributed by atoms with Crippen molar-refractivity contribution in [2.24, 2.45) is 10.7 Å². The lowest BCUT2D eigenvalue weighted by molar-refractivity contribution is -0.0504. The molecule has 1 saturated carbocycles. The van der Waals surface area contributed by atoms with Gasteiger partial charge in [-0.25, -0.2) is 4.99 Å². The largest absolute Gasteiger partial charge is 0.435 e. The fourth-order valence-corrected chi connectivity index (χ4v) is 2.24. The number of ether oxygens (including phenoxy) is 1. The molecule has 0 unspecified atom stereocenters. The molecule has 4 nitrogen and oxygen atoms in total. The van der Waals surface area contributed by atoms with Gasteiger partial charge in [0.1, 0.15) is 5.75 Å². The van der Waals surface area contributed by atoms with E-state index in [1.807, 2.05) is 26.8 Å². The Hall–Kier alpha value is -1.12. The predicted octanol–water partition coefficient (Wildman–Crippen LogP) is 3.46. The van der Waals surface area contributed by atoms with E-state index in [-0.39, 0.29) is 47.2 Å². The maximum absolute atomic E-state index is 12.4. The summed E-state index contributed by atoms with van der Waals surface area (Å²) in [6.07, 6.45) is 0.788. The molecular weight excluding hydrogens is 403 g/mol. The van der Waals surface area contributed by atoms with Gasteiger partial charge in [0.05, 0.1) is 6.04 Å². The molecule has 1 aliphatic carbocycles. The van der Waals surface area contributed by atoms with Gasteiger partial charge >= 0.3 is 6.61 Å². The van der Waals surface area contributed by atoms with E-state index in [1.54, 1.807) is 18.2 Å². The van der Waals surface area contributed by atoms with Crippen molar-refractivity contribution >= 4 is 29.9 Å². The number of nitrogens with two attached hydrogens (primary N) is 1. The molecule has 0 bridgehead atoms. The number of nitrogens with zero attached hydrogens (tertiary/aromatic N) is 1. The molecule has 0 spiro atoms.